The first-order valence-electron chi connectivity index (χ1n) is 23.6. The van der Waals surface area contributed by atoms with Crippen LogP contribution in [-0.4, -0.2) is 153 Å². The number of morpholine rings is 1. The first kappa shape index (κ1) is 47.7. The quantitative estimate of drug-likeness (QED) is 0.0790. The molecule has 7 amide bonds. The Morgan fingerprint density at radius 3 is 2.46 bits per heavy atom. The van der Waals surface area contributed by atoms with Crippen molar-refractivity contribution >= 4 is 64.0 Å². The van der Waals surface area contributed by atoms with Crippen LogP contribution in [0.1, 0.15) is 79.8 Å². The van der Waals surface area contributed by atoms with Gasteiger partial charge < -0.3 is 34.6 Å². The molecule has 4 N–H and O–H groups in total. The maximum Gasteiger partial charge on any atom is 0.435 e. The fourth-order valence-corrected chi connectivity index (χ4v) is 9.26. The molecule has 0 saturated carbocycles. The lowest BCUT2D eigenvalue weighted by Gasteiger charge is -2.43. The molecule has 3 aromatic carbocycles. The van der Waals surface area contributed by atoms with Crippen molar-refractivity contribution in [1.29, 1.82) is 0 Å². The number of aromatic amines is 1. The number of benzene rings is 3. The van der Waals surface area contributed by atoms with Gasteiger partial charge in [-0.25, -0.2) is 14.6 Å². The number of hydrogen-bond acceptors (Lipinski definition) is 14. The second kappa shape index (κ2) is 20.3. The Morgan fingerprint density at radius 1 is 0.900 bits per heavy atom. The summed E-state index contributed by atoms with van der Waals surface area (Å²) in [6.45, 7) is 12.5. The summed E-state index contributed by atoms with van der Waals surface area (Å²) in [5, 5.41) is 16.3. The third-order valence-corrected chi connectivity index (χ3v) is 13.0. The molecule has 4 aliphatic heterocycles. The summed E-state index contributed by atoms with van der Waals surface area (Å²) >= 11 is 0. The molecule has 70 heavy (non-hydrogen) atoms. The van der Waals surface area contributed by atoms with Gasteiger partial charge in [0.25, 0.3) is 23.6 Å². The number of imidazole rings is 1. The molecule has 3 unspecified atom stereocenters. The number of hydrogen-bond donors (Lipinski definition) is 4. The fraction of sp³-hybridized carbons (Fsp3) is 0.429. The number of fused-ring (bicyclic) bond motifs is 2. The van der Waals surface area contributed by atoms with Crippen LogP contribution in [0.4, 0.5) is 26.8 Å². The Kier molecular flexibility index (Phi) is 13.8. The van der Waals surface area contributed by atoms with Crippen LogP contribution < -0.4 is 20.7 Å². The van der Waals surface area contributed by atoms with Crippen molar-refractivity contribution in [2.75, 3.05) is 75.2 Å². The number of urea groups is 1. The Balaban J connectivity index is 0.720. The lowest BCUT2D eigenvalue weighted by Crippen LogP contribution is -2.58. The van der Waals surface area contributed by atoms with E-state index in [0.717, 1.165) is 40.4 Å². The standard InChI is InChI=1S/C49H57N11O10/c1-30-26-33(56-19-22-68-23-20-56)16-18-57(30)48(66)70-60-42(61)15-14-39(45(60)63)59-44(62)35-6-5-7-36(43(35)46(59)64)50-17-21-67-24-25-69-34-12-13-38-37(27-34)51-29-58(38)32-10-8-31(9-11-32)52-47(65)53-41-28-40(54-55-41)49(2,3)4/h5-13,27-30,33,39,50H,14-26H2,1-4H3,(H3,52,53,54,55,65). The monoisotopic (exact) mass is 959 g/mol. The molecule has 2 aromatic heterocycles. The van der Waals surface area contributed by atoms with Crippen LogP contribution in [0, 0.1) is 0 Å². The van der Waals surface area contributed by atoms with Gasteiger partial charge in [-0.3, -0.25) is 44.0 Å². The number of aromatic nitrogens is 4. The second-order valence-electron chi connectivity index (χ2n) is 18.7. The van der Waals surface area contributed by atoms with E-state index >= 15 is 0 Å². The van der Waals surface area contributed by atoms with E-state index in [0.29, 0.717) is 60.6 Å². The molecule has 0 aliphatic carbocycles. The highest BCUT2D eigenvalue weighted by molar-refractivity contribution is 6.25. The molecule has 3 fully saturated rings. The molecular formula is C49H57N11O10. The number of ether oxygens (including phenoxy) is 3. The van der Waals surface area contributed by atoms with E-state index in [1.165, 1.54) is 11.0 Å². The van der Waals surface area contributed by atoms with Gasteiger partial charge in [-0.05, 0) is 74.7 Å². The third-order valence-electron chi connectivity index (χ3n) is 13.0. The number of rotatable bonds is 14. The number of carbonyl (C=O) groups excluding carboxylic acids is 6. The van der Waals surface area contributed by atoms with E-state index in [9.17, 15) is 28.8 Å². The Labute approximate surface area is 403 Å². The van der Waals surface area contributed by atoms with Gasteiger partial charge in [0.1, 0.15) is 24.7 Å². The van der Waals surface area contributed by atoms with Gasteiger partial charge in [-0.15, -0.1) is 0 Å². The molecule has 368 valence electrons. The Hall–Kier alpha value is -7.36. The highest BCUT2D eigenvalue weighted by Crippen LogP contribution is 2.34. The van der Waals surface area contributed by atoms with Crippen LogP contribution >= 0.6 is 0 Å². The highest BCUT2D eigenvalue weighted by Gasteiger charge is 2.49. The molecule has 21 nitrogen and oxygen atoms in total. The smallest absolute Gasteiger partial charge is 0.435 e. The van der Waals surface area contributed by atoms with Gasteiger partial charge in [-0.2, -0.15) is 5.10 Å². The van der Waals surface area contributed by atoms with Gasteiger partial charge in [0.2, 0.25) is 0 Å². The summed E-state index contributed by atoms with van der Waals surface area (Å²) in [5.74, 6) is -1.99. The minimum absolute atomic E-state index is 0.0991. The molecule has 21 heteroatoms. The summed E-state index contributed by atoms with van der Waals surface area (Å²) < 4.78 is 19.2. The zero-order valence-electron chi connectivity index (χ0n) is 39.6. The number of anilines is 3. The minimum atomic E-state index is -1.34. The van der Waals surface area contributed by atoms with Crippen molar-refractivity contribution in [3.63, 3.8) is 0 Å². The van der Waals surface area contributed by atoms with E-state index in [2.05, 4.69) is 56.8 Å². The fourth-order valence-electron chi connectivity index (χ4n) is 9.26. The number of carbonyl (C=O) groups is 6. The van der Waals surface area contributed by atoms with Crippen LogP contribution in [0.25, 0.3) is 16.7 Å². The first-order valence-corrected chi connectivity index (χ1v) is 23.6. The van der Waals surface area contributed by atoms with E-state index < -0.39 is 41.8 Å². The van der Waals surface area contributed by atoms with Crippen molar-refractivity contribution in [3.8, 4) is 11.4 Å². The normalized spacial score (nSPS) is 19.9. The highest BCUT2D eigenvalue weighted by atomic mass is 16.7. The van der Waals surface area contributed by atoms with Crippen LogP contribution in [0.2, 0.25) is 0 Å². The predicted molar refractivity (Wildman–Crippen MR) is 256 cm³/mol. The number of likely N-dealkylation sites (tertiary alicyclic amines) is 1. The zero-order chi connectivity index (χ0) is 49.1. The van der Waals surface area contributed by atoms with Crippen LogP contribution in [0.15, 0.2) is 73.1 Å². The minimum Gasteiger partial charge on any atom is -0.491 e. The first-order chi connectivity index (χ1) is 33.7. The molecule has 3 atom stereocenters. The van der Waals surface area contributed by atoms with E-state index in [1.807, 2.05) is 47.9 Å². The molecule has 5 aromatic rings. The zero-order valence-corrected chi connectivity index (χ0v) is 39.6. The predicted octanol–water partition coefficient (Wildman–Crippen LogP) is 5.55. The topological polar surface area (TPSA) is 235 Å². The summed E-state index contributed by atoms with van der Waals surface area (Å²) in [6, 6.07) is 17.9. The second-order valence-corrected chi connectivity index (χ2v) is 18.7. The molecular weight excluding hydrogens is 903 g/mol. The Bertz CT molecular complexity index is 2780. The SMILES string of the molecule is CC1CC(N2CCOCC2)CCN1C(=O)ON1C(=O)CCC(N2C(=O)c3cccc(NCCOCCOc4ccc5c(c4)ncn5-c4ccc(NC(=O)Nc5cc(C(C)(C)C)[nH]n5)cc4)c3C2=O)C1=O. The van der Waals surface area contributed by atoms with Crippen molar-refractivity contribution in [1.82, 2.24) is 39.5 Å². The largest absolute Gasteiger partial charge is 0.491 e. The average Bonchev–Trinajstić information content (AvgIpc) is 4.07. The summed E-state index contributed by atoms with van der Waals surface area (Å²) in [4.78, 5) is 95.1. The van der Waals surface area contributed by atoms with Crippen LogP contribution in [0.3, 0.4) is 0 Å². The third kappa shape index (κ3) is 10.2. The van der Waals surface area contributed by atoms with E-state index in [1.54, 1.807) is 30.6 Å². The van der Waals surface area contributed by atoms with Crippen molar-refractivity contribution < 1.29 is 47.8 Å². The number of nitrogens with zero attached hydrogens (tertiary/aromatic N) is 7. The Morgan fingerprint density at radius 2 is 1.70 bits per heavy atom. The van der Waals surface area contributed by atoms with Crippen LogP contribution in [0.5, 0.6) is 5.75 Å². The summed E-state index contributed by atoms with van der Waals surface area (Å²) in [7, 11) is 0. The number of nitrogens with one attached hydrogen (secondary N) is 4. The van der Waals surface area contributed by atoms with Crippen molar-refractivity contribution in [2.45, 2.75) is 76.9 Å². The maximum atomic E-state index is 13.9. The van der Waals surface area contributed by atoms with E-state index in [4.69, 9.17) is 19.0 Å². The molecule has 0 spiro atoms. The molecule has 9 rings (SSSR count). The van der Waals surface area contributed by atoms with Gasteiger partial charge in [-0.1, -0.05) is 31.9 Å². The number of H-pyrrole nitrogens is 1. The van der Waals surface area contributed by atoms with Crippen LogP contribution in [-0.2, 0) is 29.3 Å². The number of imide groups is 2. The van der Waals surface area contributed by atoms with Gasteiger partial charge in [0, 0.05) is 85.0 Å². The lowest BCUT2D eigenvalue weighted by atomic mass is 9.92. The molecule has 0 radical (unpaired) electrons. The number of hydroxylamine groups is 2. The molecule has 6 heterocycles. The number of piperidine rings is 2. The lowest BCUT2D eigenvalue weighted by molar-refractivity contribution is -0.189. The molecule has 0 bridgehead atoms. The molecule has 3 saturated heterocycles. The molecule has 4 aliphatic rings. The van der Waals surface area contributed by atoms with Gasteiger partial charge in [0.05, 0.1) is 48.6 Å². The van der Waals surface area contributed by atoms with Crippen molar-refractivity contribution in [2.24, 2.45) is 0 Å². The van der Waals surface area contributed by atoms with E-state index in [-0.39, 0.29) is 67.8 Å². The van der Waals surface area contributed by atoms with Gasteiger partial charge in [0.15, 0.2) is 5.82 Å². The number of amides is 7. The summed E-state index contributed by atoms with van der Waals surface area (Å²) in [5.41, 5.74) is 4.44. The average molecular weight is 960 g/mol. The van der Waals surface area contributed by atoms with Gasteiger partial charge >= 0.3 is 12.1 Å². The van der Waals surface area contributed by atoms with Crippen molar-refractivity contribution in [3.05, 3.63) is 89.9 Å². The maximum absolute atomic E-state index is 13.9. The summed E-state index contributed by atoms with van der Waals surface area (Å²) in [6.07, 6.45) is 1.99.